The van der Waals surface area contributed by atoms with Crippen molar-refractivity contribution < 1.29 is 28.5 Å². The second kappa shape index (κ2) is 13.4. The first-order valence-corrected chi connectivity index (χ1v) is 13.1. The second-order valence-electron chi connectivity index (χ2n) is 9.38. The van der Waals surface area contributed by atoms with Gasteiger partial charge in [-0.05, 0) is 61.3 Å². The van der Waals surface area contributed by atoms with Crippen molar-refractivity contribution in [2.24, 2.45) is 0 Å². The minimum Gasteiger partial charge on any atom is -0.493 e. The molecule has 1 aliphatic heterocycles. The summed E-state index contributed by atoms with van der Waals surface area (Å²) in [6.45, 7) is 7.55. The number of carbonyl (C=O) groups excluding carboxylic acids is 2. The molecule has 1 aliphatic rings. The molecule has 3 rings (SSSR count). The Bertz CT molecular complexity index is 1120. The molecule has 2 aromatic carbocycles. The van der Waals surface area contributed by atoms with Crippen LogP contribution in [0.5, 0.6) is 23.0 Å². The molecule has 0 saturated carbocycles. The number of fused-ring (bicyclic) bond motifs is 1. The molecule has 0 bridgehead atoms. The van der Waals surface area contributed by atoms with Gasteiger partial charge in [-0.3, -0.25) is 9.59 Å². The molecular weight excluding hydrogens is 486 g/mol. The molecule has 208 valence electrons. The van der Waals surface area contributed by atoms with Gasteiger partial charge < -0.3 is 34.1 Å². The number of ether oxygens (including phenoxy) is 4. The van der Waals surface area contributed by atoms with Crippen molar-refractivity contribution >= 4 is 11.8 Å². The molecule has 1 N–H and O–H groups in total. The van der Waals surface area contributed by atoms with Gasteiger partial charge in [-0.15, -0.1) is 0 Å². The summed E-state index contributed by atoms with van der Waals surface area (Å²) >= 11 is 0. The number of amides is 2. The number of rotatable bonds is 13. The molecule has 2 amide bonds. The number of nitrogens with zero attached hydrogens (tertiary/aromatic N) is 2. The van der Waals surface area contributed by atoms with E-state index in [-0.39, 0.29) is 11.8 Å². The van der Waals surface area contributed by atoms with Gasteiger partial charge in [-0.1, -0.05) is 19.9 Å². The highest BCUT2D eigenvalue weighted by atomic mass is 16.5. The van der Waals surface area contributed by atoms with Crippen molar-refractivity contribution in [2.45, 2.75) is 38.6 Å². The van der Waals surface area contributed by atoms with Gasteiger partial charge in [0.15, 0.2) is 23.0 Å². The molecule has 2 atom stereocenters. The highest BCUT2D eigenvalue weighted by molar-refractivity contribution is 6.02. The molecule has 0 spiro atoms. The van der Waals surface area contributed by atoms with Gasteiger partial charge in [-0.2, -0.15) is 0 Å². The molecule has 0 saturated heterocycles. The molecule has 0 fully saturated rings. The highest BCUT2D eigenvalue weighted by Crippen LogP contribution is 2.46. The lowest BCUT2D eigenvalue weighted by molar-refractivity contribution is -0.124. The van der Waals surface area contributed by atoms with E-state index in [2.05, 4.69) is 24.1 Å². The number of hydrogen-bond donors (Lipinski definition) is 1. The molecule has 38 heavy (non-hydrogen) atoms. The number of likely N-dealkylation sites (N-methyl/N-ethyl adjacent to an activating group) is 1. The van der Waals surface area contributed by atoms with Crippen LogP contribution in [0.3, 0.4) is 0 Å². The maximum atomic E-state index is 13.9. The number of hydrogen-bond acceptors (Lipinski definition) is 7. The number of benzene rings is 2. The minimum absolute atomic E-state index is 0.162. The Labute approximate surface area is 226 Å². The smallest absolute Gasteiger partial charge is 0.254 e. The standard InChI is InChI=1S/C29H41N3O6/c1-8-13-32(14-9-2)15-12-30-28(33)26-20-17-24(37-6)25(38-7)18-21(20)29(34)31(3)27(26)19-10-11-22(35-4)23(16-19)36-5/h10-11,16-18,26-27H,8-9,12-15H2,1-7H3,(H,30,33)/t26-,27-/m1/s1. The van der Waals surface area contributed by atoms with Gasteiger partial charge >= 0.3 is 0 Å². The number of carbonyl (C=O) groups is 2. The van der Waals surface area contributed by atoms with Gasteiger partial charge in [0, 0.05) is 25.7 Å². The van der Waals surface area contributed by atoms with Gasteiger partial charge in [-0.25, -0.2) is 0 Å². The first-order chi connectivity index (χ1) is 18.3. The van der Waals surface area contributed by atoms with Crippen LogP contribution in [0.25, 0.3) is 0 Å². The molecule has 0 radical (unpaired) electrons. The summed E-state index contributed by atoms with van der Waals surface area (Å²) < 4.78 is 21.9. The van der Waals surface area contributed by atoms with Crippen molar-refractivity contribution in [3.05, 3.63) is 47.0 Å². The van der Waals surface area contributed by atoms with E-state index in [1.807, 2.05) is 12.1 Å². The van der Waals surface area contributed by atoms with Crippen LogP contribution in [0.4, 0.5) is 0 Å². The third-order valence-corrected chi connectivity index (χ3v) is 7.01. The number of methoxy groups -OCH3 is 4. The van der Waals surface area contributed by atoms with Crippen LogP contribution < -0.4 is 24.3 Å². The highest BCUT2D eigenvalue weighted by Gasteiger charge is 2.43. The third kappa shape index (κ3) is 5.99. The average Bonchev–Trinajstić information content (AvgIpc) is 2.93. The third-order valence-electron chi connectivity index (χ3n) is 7.01. The summed E-state index contributed by atoms with van der Waals surface area (Å²) in [7, 11) is 7.91. The molecule has 1 heterocycles. The van der Waals surface area contributed by atoms with Crippen LogP contribution in [0.15, 0.2) is 30.3 Å². The first-order valence-electron chi connectivity index (χ1n) is 13.1. The summed E-state index contributed by atoms with van der Waals surface area (Å²) in [6, 6.07) is 8.31. The van der Waals surface area contributed by atoms with E-state index < -0.39 is 12.0 Å². The Morgan fingerprint density at radius 3 is 2.03 bits per heavy atom. The topological polar surface area (TPSA) is 89.6 Å². The van der Waals surface area contributed by atoms with Crippen LogP contribution in [0, 0.1) is 0 Å². The maximum Gasteiger partial charge on any atom is 0.254 e. The van der Waals surface area contributed by atoms with Gasteiger partial charge in [0.05, 0.1) is 40.4 Å². The second-order valence-corrected chi connectivity index (χ2v) is 9.38. The predicted octanol–water partition coefficient (Wildman–Crippen LogP) is 3.87. The molecule has 0 aromatic heterocycles. The van der Waals surface area contributed by atoms with Crippen LogP contribution in [-0.4, -0.2) is 83.3 Å². The van der Waals surface area contributed by atoms with E-state index in [1.165, 1.54) is 14.2 Å². The zero-order valence-electron chi connectivity index (χ0n) is 23.6. The summed E-state index contributed by atoms with van der Waals surface area (Å²) in [5.74, 6) is 0.943. The van der Waals surface area contributed by atoms with E-state index in [0.717, 1.165) is 38.0 Å². The van der Waals surface area contributed by atoms with Crippen molar-refractivity contribution in [1.29, 1.82) is 0 Å². The van der Waals surface area contributed by atoms with Gasteiger partial charge in [0.25, 0.3) is 5.91 Å². The largest absolute Gasteiger partial charge is 0.493 e. The van der Waals surface area contributed by atoms with Crippen LogP contribution in [0.2, 0.25) is 0 Å². The van der Waals surface area contributed by atoms with E-state index >= 15 is 0 Å². The van der Waals surface area contributed by atoms with Crippen molar-refractivity contribution in [3.8, 4) is 23.0 Å². The zero-order valence-corrected chi connectivity index (χ0v) is 23.6. The van der Waals surface area contributed by atoms with Crippen molar-refractivity contribution in [3.63, 3.8) is 0 Å². The van der Waals surface area contributed by atoms with Crippen LogP contribution >= 0.6 is 0 Å². The Hall–Kier alpha value is -3.46. The normalized spacial score (nSPS) is 16.7. The first kappa shape index (κ1) is 29.1. The van der Waals surface area contributed by atoms with Crippen LogP contribution in [0.1, 0.15) is 60.1 Å². The molecule has 9 nitrogen and oxygen atoms in total. The maximum absolute atomic E-state index is 13.9. The molecule has 0 aliphatic carbocycles. The summed E-state index contributed by atoms with van der Waals surface area (Å²) in [6.07, 6.45) is 2.11. The predicted molar refractivity (Wildman–Crippen MR) is 147 cm³/mol. The molecule has 2 aromatic rings. The Morgan fingerprint density at radius 1 is 0.868 bits per heavy atom. The van der Waals surface area contributed by atoms with Crippen molar-refractivity contribution in [2.75, 3.05) is 61.7 Å². The summed E-state index contributed by atoms with van der Waals surface area (Å²) in [5, 5.41) is 3.15. The lowest BCUT2D eigenvalue weighted by atomic mass is 9.79. The summed E-state index contributed by atoms with van der Waals surface area (Å²) in [5.41, 5.74) is 1.78. The van der Waals surface area contributed by atoms with E-state index in [1.54, 1.807) is 44.4 Å². The van der Waals surface area contributed by atoms with Crippen LogP contribution in [-0.2, 0) is 4.79 Å². The number of nitrogens with one attached hydrogen (secondary N) is 1. The zero-order chi connectivity index (χ0) is 27.8. The Balaban J connectivity index is 2.07. The molecule has 9 heteroatoms. The minimum atomic E-state index is -0.684. The lowest BCUT2D eigenvalue weighted by Gasteiger charge is -2.40. The quantitative estimate of drug-likeness (QED) is 0.423. The Kier molecular flexibility index (Phi) is 10.2. The van der Waals surface area contributed by atoms with Crippen molar-refractivity contribution in [1.82, 2.24) is 15.1 Å². The van der Waals surface area contributed by atoms with Gasteiger partial charge in [0.2, 0.25) is 5.91 Å². The molecular formula is C29H41N3O6. The fraction of sp³-hybridized carbons (Fsp3) is 0.517. The fourth-order valence-electron chi connectivity index (χ4n) is 5.20. The lowest BCUT2D eigenvalue weighted by Crippen LogP contribution is -2.46. The van der Waals surface area contributed by atoms with Gasteiger partial charge in [0.1, 0.15) is 0 Å². The summed E-state index contributed by atoms with van der Waals surface area (Å²) in [4.78, 5) is 31.5. The average molecular weight is 528 g/mol. The van der Waals surface area contributed by atoms with E-state index in [0.29, 0.717) is 40.7 Å². The Morgan fingerprint density at radius 2 is 1.45 bits per heavy atom. The SMILES string of the molecule is CCCN(CCC)CCNC(=O)[C@@H]1c2cc(OC)c(OC)cc2C(=O)N(C)[C@@H]1c1ccc(OC)c(OC)c1. The van der Waals surface area contributed by atoms with E-state index in [4.69, 9.17) is 18.9 Å². The molecule has 0 unspecified atom stereocenters. The fourth-order valence-corrected chi connectivity index (χ4v) is 5.20. The monoisotopic (exact) mass is 527 g/mol. The van der Waals surface area contributed by atoms with E-state index in [9.17, 15) is 9.59 Å².